The highest BCUT2D eigenvalue weighted by molar-refractivity contribution is 4.93. The summed E-state index contributed by atoms with van der Waals surface area (Å²) in [5, 5.41) is 13.2. The van der Waals surface area contributed by atoms with Crippen LogP contribution in [-0.4, -0.2) is 33.3 Å². The topological polar surface area (TPSA) is 50.1 Å². The minimum atomic E-state index is -0.651. The lowest BCUT2D eigenvalue weighted by atomic mass is 10.00. The molecule has 0 amide bonds. The Hall–Kier alpha value is -0.870. The van der Waals surface area contributed by atoms with Crippen LogP contribution in [0.4, 0.5) is 0 Å². The molecule has 4 heteroatoms. The van der Waals surface area contributed by atoms with E-state index in [4.69, 9.17) is 0 Å². The Morgan fingerprint density at radius 3 is 2.87 bits per heavy atom. The molecule has 15 heavy (non-hydrogen) atoms. The molecular formula is C11H21N3O. The SMILES string of the molecule is CCNCC(C)(O)CCc1nccn1C. The van der Waals surface area contributed by atoms with Crippen molar-refractivity contribution in [2.75, 3.05) is 13.1 Å². The third kappa shape index (κ3) is 4.01. The van der Waals surface area contributed by atoms with Crippen LogP contribution in [0.5, 0.6) is 0 Å². The molecule has 0 aliphatic carbocycles. The lowest BCUT2D eigenvalue weighted by molar-refractivity contribution is 0.0510. The summed E-state index contributed by atoms with van der Waals surface area (Å²) in [6.45, 7) is 5.42. The molecule has 0 bridgehead atoms. The number of rotatable bonds is 6. The zero-order valence-electron chi connectivity index (χ0n) is 9.82. The number of hydrogen-bond acceptors (Lipinski definition) is 3. The summed E-state index contributed by atoms with van der Waals surface area (Å²) in [6, 6.07) is 0. The number of likely N-dealkylation sites (N-methyl/N-ethyl adjacent to an activating group) is 1. The van der Waals surface area contributed by atoms with E-state index in [-0.39, 0.29) is 0 Å². The van der Waals surface area contributed by atoms with Crippen LogP contribution in [-0.2, 0) is 13.5 Å². The minimum absolute atomic E-state index is 0.633. The molecule has 0 saturated heterocycles. The van der Waals surface area contributed by atoms with Crippen molar-refractivity contribution in [1.29, 1.82) is 0 Å². The fourth-order valence-electron chi connectivity index (χ4n) is 1.50. The first kappa shape index (κ1) is 12.2. The van der Waals surface area contributed by atoms with Crippen molar-refractivity contribution in [1.82, 2.24) is 14.9 Å². The molecule has 4 nitrogen and oxygen atoms in total. The largest absolute Gasteiger partial charge is 0.389 e. The first-order valence-electron chi connectivity index (χ1n) is 5.44. The van der Waals surface area contributed by atoms with Crippen LogP contribution in [0.25, 0.3) is 0 Å². The zero-order chi connectivity index (χ0) is 11.3. The molecule has 0 fully saturated rings. The van der Waals surface area contributed by atoms with Gasteiger partial charge in [-0.1, -0.05) is 6.92 Å². The number of hydrogen-bond donors (Lipinski definition) is 2. The van der Waals surface area contributed by atoms with Gasteiger partial charge in [0.2, 0.25) is 0 Å². The van der Waals surface area contributed by atoms with Gasteiger partial charge in [-0.15, -0.1) is 0 Å². The molecule has 1 heterocycles. The van der Waals surface area contributed by atoms with Gasteiger partial charge in [-0.3, -0.25) is 0 Å². The van der Waals surface area contributed by atoms with E-state index >= 15 is 0 Å². The monoisotopic (exact) mass is 211 g/mol. The van der Waals surface area contributed by atoms with Crippen LogP contribution in [0.3, 0.4) is 0 Å². The number of aromatic nitrogens is 2. The lowest BCUT2D eigenvalue weighted by Crippen LogP contribution is -2.38. The predicted octanol–water partition coefficient (Wildman–Crippen LogP) is 0.713. The standard InChI is InChI=1S/C11H21N3O/c1-4-12-9-11(2,15)6-5-10-13-7-8-14(10)3/h7-8,12,15H,4-6,9H2,1-3H3. The highest BCUT2D eigenvalue weighted by Crippen LogP contribution is 2.11. The summed E-state index contributed by atoms with van der Waals surface area (Å²) in [5.74, 6) is 1.02. The maximum atomic E-state index is 10.0. The van der Waals surface area contributed by atoms with E-state index in [0.29, 0.717) is 6.54 Å². The van der Waals surface area contributed by atoms with Crippen LogP contribution >= 0.6 is 0 Å². The highest BCUT2D eigenvalue weighted by atomic mass is 16.3. The second-order valence-corrected chi connectivity index (χ2v) is 4.23. The quantitative estimate of drug-likeness (QED) is 0.728. The Bertz CT molecular complexity index is 294. The van der Waals surface area contributed by atoms with Gasteiger partial charge in [-0.2, -0.15) is 0 Å². The minimum Gasteiger partial charge on any atom is -0.389 e. The third-order valence-corrected chi connectivity index (χ3v) is 2.56. The Balaban J connectivity index is 2.39. The summed E-state index contributed by atoms with van der Waals surface area (Å²) in [4.78, 5) is 4.23. The molecule has 2 N–H and O–H groups in total. The van der Waals surface area contributed by atoms with Crippen LogP contribution < -0.4 is 5.32 Å². The number of nitrogens with zero attached hydrogens (tertiary/aromatic N) is 2. The van der Waals surface area contributed by atoms with Gasteiger partial charge in [-0.05, 0) is 19.9 Å². The fraction of sp³-hybridized carbons (Fsp3) is 0.727. The molecule has 1 atom stereocenters. The van der Waals surface area contributed by atoms with Gasteiger partial charge < -0.3 is 15.0 Å². The van der Waals surface area contributed by atoms with Gasteiger partial charge in [0.05, 0.1) is 5.60 Å². The number of aliphatic hydroxyl groups is 1. The van der Waals surface area contributed by atoms with Crippen LogP contribution in [0.15, 0.2) is 12.4 Å². The Kier molecular flexibility index (Phi) is 4.29. The normalized spacial score (nSPS) is 15.2. The second kappa shape index (κ2) is 5.28. The van der Waals surface area contributed by atoms with Crippen molar-refractivity contribution >= 4 is 0 Å². The average Bonchev–Trinajstić information content (AvgIpc) is 2.58. The first-order valence-corrected chi connectivity index (χ1v) is 5.44. The molecule has 1 rings (SSSR count). The molecular weight excluding hydrogens is 190 g/mol. The zero-order valence-corrected chi connectivity index (χ0v) is 9.82. The van der Waals surface area contributed by atoms with Gasteiger partial charge in [0.25, 0.3) is 0 Å². The van der Waals surface area contributed by atoms with Gasteiger partial charge in [0, 0.05) is 32.4 Å². The molecule has 0 radical (unpaired) electrons. The van der Waals surface area contributed by atoms with Crippen LogP contribution in [0.2, 0.25) is 0 Å². The smallest absolute Gasteiger partial charge is 0.108 e. The van der Waals surface area contributed by atoms with Gasteiger partial charge in [0.1, 0.15) is 5.82 Å². The second-order valence-electron chi connectivity index (χ2n) is 4.23. The molecule has 0 saturated carbocycles. The summed E-state index contributed by atoms with van der Waals surface area (Å²) < 4.78 is 1.99. The predicted molar refractivity (Wildman–Crippen MR) is 60.7 cm³/mol. The lowest BCUT2D eigenvalue weighted by Gasteiger charge is -2.23. The Morgan fingerprint density at radius 1 is 1.60 bits per heavy atom. The molecule has 0 aliphatic rings. The summed E-state index contributed by atoms with van der Waals surface area (Å²) in [6.07, 6.45) is 5.25. The molecule has 86 valence electrons. The van der Waals surface area contributed by atoms with Gasteiger partial charge >= 0.3 is 0 Å². The molecule has 1 unspecified atom stereocenters. The molecule has 0 aromatic carbocycles. The van der Waals surface area contributed by atoms with E-state index < -0.39 is 5.60 Å². The summed E-state index contributed by atoms with van der Waals surface area (Å²) in [7, 11) is 1.97. The highest BCUT2D eigenvalue weighted by Gasteiger charge is 2.19. The van der Waals surface area contributed by atoms with Crippen molar-refractivity contribution in [3.63, 3.8) is 0 Å². The van der Waals surface area contributed by atoms with Crippen molar-refractivity contribution in [2.24, 2.45) is 7.05 Å². The van der Waals surface area contributed by atoms with E-state index in [1.54, 1.807) is 6.20 Å². The maximum absolute atomic E-state index is 10.0. The maximum Gasteiger partial charge on any atom is 0.108 e. The van der Waals surface area contributed by atoms with Crippen molar-refractivity contribution in [2.45, 2.75) is 32.3 Å². The molecule has 0 aliphatic heterocycles. The molecule has 1 aromatic rings. The van der Waals surface area contributed by atoms with Gasteiger partial charge in [0.15, 0.2) is 0 Å². The fourth-order valence-corrected chi connectivity index (χ4v) is 1.50. The van der Waals surface area contributed by atoms with Crippen molar-refractivity contribution in [3.8, 4) is 0 Å². The van der Waals surface area contributed by atoms with Crippen LogP contribution in [0, 0.1) is 0 Å². The Morgan fingerprint density at radius 2 is 2.33 bits per heavy atom. The third-order valence-electron chi connectivity index (χ3n) is 2.56. The van der Waals surface area contributed by atoms with Crippen molar-refractivity contribution < 1.29 is 5.11 Å². The van der Waals surface area contributed by atoms with E-state index in [2.05, 4.69) is 10.3 Å². The molecule has 1 aromatic heterocycles. The number of nitrogens with one attached hydrogen (secondary N) is 1. The van der Waals surface area contributed by atoms with Crippen molar-refractivity contribution in [3.05, 3.63) is 18.2 Å². The molecule has 0 spiro atoms. The first-order chi connectivity index (χ1) is 7.05. The van der Waals surface area contributed by atoms with E-state index in [9.17, 15) is 5.11 Å². The Labute approximate surface area is 91.3 Å². The van der Waals surface area contributed by atoms with E-state index in [1.807, 2.05) is 31.7 Å². The summed E-state index contributed by atoms with van der Waals surface area (Å²) >= 11 is 0. The van der Waals surface area contributed by atoms with Crippen LogP contribution in [0.1, 0.15) is 26.1 Å². The van der Waals surface area contributed by atoms with E-state index in [0.717, 1.165) is 25.2 Å². The van der Waals surface area contributed by atoms with Gasteiger partial charge in [-0.25, -0.2) is 4.98 Å². The summed E-state index contributed by atoms with van der Waals surface area (Å²) in [5.41, 5.74) is -0.651. The number of aryl methyl sites for hydroxylation is 2. The number of imidazole rings is 1. The van der Waals surface area contributed by atoms with E-state index in [1.165, 1.54) is 0 Å². The average molecular weight is 211 g/mol.